The van der Waals surface area contributed by atoms with Gasteiger partial charge in [-0.1, -0.05) is 13.8 Å². The number of rotatable bonds is 3. The summed E-state index contributed by atoms with van der Waals surface area (Å²) in [4.78, 5) is 5.25. The summed E-state index contributed by atoms with van der Waals surface area (Å²) in [5, 5.41) is 0. The van der Waals surface area contributed by atoms with Crippen molar-refractivity contribution in [1.29, 1.82) is 0 Å². The average Bonchev–Trinajstić information content (AvgIpc) is 2.19. The molecule has 1 fully saturated rings. The minimum atomic E-state index is 0.339. The van der Waals surface area contributed by atoms with Gasteiger partial charge in [-0.15, -0.1) is 0 Å². The zero-order chi connectivity index (χ0) is 11.5. The van der Waals surface area contributed by atoms with Crippen LogP contribution in [-0.4, -0.2) is 47.6 Å². The fourth-order valence-electron chi connectivity index (χ4n) is 2.60. The Labute approximate surface area is 95.6 Å². The number of likely N-dealkylation sites (tertiary alicyclic amines) is 1. The molecule has 0 radical (unpaired) electrons. The summed E-state index contributed by atoms with van der Waals surface area (Å²) >= 11 is 0. The van der Waals surface area contributed by atoms with Crippen molar-refractivity contribution >= 4 is 0 Å². The third-order valence-electron chi connectivity index (χ3n) is 3.67. The van der Waals surface area contributed by atoms with E-state index in [1.54, 1.807) is 0 Å². The van der Waals surface area contributed by atoms with E-state index in [-0.39, 0.29) is 0 Å². The van der Waals surface area contributed by atoms with E-state index < -0.39 is 0 Å². The fourth-order valence-corrected chi connectivity index (χ4v) is 2.60. The number of likely N-dealkylation sites (N-methyl/N-ethyl adjacent to an activating group) is 1. The lowest BCUT2D eigenvalue weighted by Crippen LogP contribution is -2.53. The van der Waals surface area contributed by atoms with Crippen LogP contribution in [0.5, 0.6) is 0 Å². The SMILES string of the molecule is CCN(CC)C1CCCN(C(C)(C)C)C1. The molecule has 1 saturated heterocycles. The lowest BCUT2D eigenvalue weighted by molar-refractivity contribution is 0.0474. The zero-order valence-corrected chi connectivity index (χ0v) is 11.2. The standard InChI is InChI=1S/C13H28N2/c1-6-14(7-2)12-9-8-10-15(11-12)13(3,4)5/h12H,6-11H2,1-5H3. The Hall–Kier alpha value is -0.0800. The van der Waals surface area contributed by atoms with Gasteiger partial charge in [0.15, 0.2) is 0 Å². The first-order valence-corrected chi connectivity index (χ1v) is 6.48. The molecule has 1 unspecified atom stereocenters. The molecule has 1 aliphatic heterocycles. The van der Waals surface area contributed by atoms with Crippen molar-refractivity contribution in [3.8, 4) is 0 Å². The van der Waals surface area contributed by atoms with Gasteiger partial charge in [-0.25, -0.2) is 0 Å². The van der Waals surface area contributed by atoms with E-state index in [1.165, 1.54) is 39.0 Å². The summed E-state index contributed by atoms with van der Waals surface area (Å²) in [7, 11) is 0. The van der Waals surface area contributed by atoms with Crippen molar-refractivity contribution in [2.24, 2.45) is 0 Å². The van der Waals surface area contributed by atoms with Gasteiger partial charge >= 0.3 is 0 Å². The molecule has 15 heavy (non-hydrogen) atoms. The third-order valence-corrected chi connectivity index (χ3v) is 3.67. The molecule has 0 aromatic heterocycles. The van der Waals surface area contributed by atoms with Crippen molar-refractivity contribution in [3.05, 3.63) is 0 Å². The van der Waals surface area contributed by atoms with Crippen LogP contribution in [-0.2, 0) is 0 Å². The highest BCUT2D eigenvalue weighted by Crippen LogP contribution is 2.22. The summed E-state index contributed by atoms with van der Waals surface area (Å²) in [6.45, 7) is 16.5. The number of piperidine rings is 1. The first-order valence-electron chi connectivity index (χ1n) is 6.48. The first-order chi connectivity index (χ1) is 6.99. The Balaban J connectivity index is 2.55. The molecule has 0 amide bonds. The van der Waals surface area contributed by atoms with E-state index in [2.05, 4.69) is 44.4 Å². The van der Waals surface area contributed by atoms with Crippen LogP contribution in [0, 0.1) is 0 Å². The van der Waals surface area contributed by atoms with Crippen LogP contribution in [0.1, 0.15) is 47.5 Å². The molecule has 0 bridgehead atoms. The van der Waals surface area contributed by atoms with Gasteiger partial charge in [-0.05, 0) is 53.2 Å². The van der Waals surface area contributed by atoms with E-state index in [0.717, 1.165) is 6.04 Å². The van der Waals surface area contributed by atoms with Crippen LogP contribution in [0.2, 0.25) is 0 Å². The Bertz CT molecular complexity index is 179. The lowest BCUT2D eigenvalue weighted by atomic mass is 9.97. The molecule has 0 saturated carbocycles. The zero-order valence-electron chi connectivity index (χ0n) is 11.2. The topological polar surface area (TPSA) is 6.48 Å². The molecule has 0 N–H and O–H groups in total. The number of nitrogens with zero attached hydrogens (tertiary/aromatic N) is 2. The quantitative estimate of drug-likeness (QED) is 0.709. The summed E-state index contributed by atoms with van der Waals surface area (Å²) in [6.07, 6.45) is 2.74. The molecule has 90 valence electrons. The predicted octanol–water partition coefficient (Wildman–Crippen LogP) is 2.59. The second-order valence-corrected chi connectivity index (χ2v) is 5.63. The van der Waals surface area contributed by atoms with Crippen LogP contribution < -0.4 is 0 Å². The molecule has 2 heteroatoms. The highest BCUT2D eigenvalue weighted by atomic mass is 15.3. The van der Waals surface area contributed by atoms with Crippen molar-refractivity contribution in [3.63, 3.8) is 0 Å². The first kappa shape index (κ1) is 13.0. The molecule has 2 nitrogen and oxygen atoms in total. The maximum absolute atomic E-state index is 2.64. The summed E-state index contributed by atoms with van der Waals surface area (Å²) in [5.41, 5.74) is 0.339. The largest absolute Gasteiger partial charge is 0.300 e. The van der Waals surface area contributed by atoms with Gasteiger partial charge in [0.2, 0.25) is 0 Å². The van der Waals surface area contributed by atoms with Gasteiger partial charge in [0.25, 0.3) is 0 Å². The van der Waals surface area contributed by atoms with Crippen LogP contribution in [0.4, 0.5) is 0 Å². The average molecular weight is 212 g/mol. The Morgan fingerprint density at radius 1 is 1.20 bits per heavy atom. The van der Waals surface area contributed by atoms with Crippen molar-refractivity contribution in [2.75, 3.05) is 26.2 Å². The molecular weight excluding hydrogens is 184 g/mol. The second kappa shape index (κ2) is 5.31. The minimum Gasteiger partial charge on any atom is -0.300 e. The molecule has 1 aliphatic rings. The second-order valence-electron chi connectivity index (χ2n) is 5.63. The van der Waals surface area contributed by atoms with E-state index in [4.69, 9.17) is 0 Å². The molecule has 1 atom stereocenters. The van der Waals surface area contributed by atoms with E-state index in [1.807, 2.05) is 0 Å². The van der Waals surface area contributed by atoms with Crippen molar-refractivity contribution in [1.82, 2.24) is 9.80 Å². The smallest absolute Gasteiger partial charge is 0.0223 e. The summed E-state index contributed by atoms with van der Waals surface area (Å²) in [6, 6.07) is 0.785. The van der Waals surface area contributed by atoms with Gasteiger partial charge in [0.05, 0.1) is 0 Å². The Morgan fingerprint density at radius 2 is 1.80 bits per heavy atom. The molecule has 0 aliphatic carbocycles. The number of hydrogen-bond acceptors (Lipinski definition) is 2. The molecule has 1 heterocycles. The third kappa shape index (κ3) is 3.46. The van der Waals surface area contributed by atoms with Crippen LogP contribution in [0.15, 0.2) is 0 Å². The maximum Gasteiger partial charge on any atom is 0.0223 e. The van der Waals surface area contributed by atoms with E-state index >= 15 is 0 Å². The van der Waals surface area contributed by atoms with Gasteiger partial charge in [0.1, 0.15) is 0 Å². The fraction of sp³-hybridized carbons (Fsp3) is 1.00. The van der Waals surface area contributed by atoms with E-state index in [0.29, 0.717) is 5.54 Å². The predicted molar refractivity (Wildman–Crippen MR) is 67.3 cm³/mol. The van der Waals surface area contributed by atoms with Gasteiger partial charge in [-0.2, -0.15) is 0 Å². The van der Waals surface area contributed by atoms with Gasteiger partial charge < -0.3 is 0 Å². The molecule has 0 spiro atoms. The molecule has 0 aromatic rings. The Morgan fingerprint density at radius 3 is 2.27 bits per heavy atom. The monoisotopic (exact) mass is 212 g/mol. The molecular formula is C13H28N2. The summed E-state index contributed by atoms with van der Waals surface area (Å²) in [5.74, 6) is 0. The highest BCUT2D eigenvalue weighted by molar-refractivity contribution is 4.86. The normalized spacial score (nSPS) is 24.8. The van der Waals surface area contributed by atoms with Crippen molar-refractivity contribution < 1.29 is 0 Å². The lowest BCUT2D eigenvalue weighted by Gasteiger charge is -2.44. The van der Waals surface area contributed by atoms with Crippen LogP contribution in [0.25, 0.3) is 0 Å². The highest BCUT2D eigenvalue weighted by Gasteiger charge is 2.29. The molecule has 1 rings (SSSR count). The van der Waals surface area contributed by atoms with Crippen LogP contribution >= 0.6 is 0 Å². The molecule has 0 aromatic carbocycles. The summed E-state index contributed by atoms with van der Waals surface area (Å²) < 4.78 is 0. The van der Waals surface area contributed by atoms with Crippen molar-refractivity contribution in [2.45, 2.75) is 59.0 Å². The minimum absolute atomic E-state index is 0.339. The Kier molecular flexibility index (Phi) is 4.60. The number of hydrogen-bond donors (Lipinski definition) is 0. The van der Waals surface area contributed by atoms with E-state index in [9.17, 15) is 0 Å². The van der Waals surface area contributed by atoms with Crippen LogP contribution in [0.3, 0.4) is 0 Å². The maximum atomic E-state index is 2.64. The van der Waals surface area contributed by atoms with Gasteiger partial charge in [-0.3, -0.25) is 9.80 Å². The van der Waals surface area contributed by atoms with Gasteiger partial charge in [0, 0.05) is 18.1 Å².